The van der Waals surface area contributed by atoms with Crippen LogP contribution in [0, 0.1) is 6.92 Å². The van der Waals surface area contributed by atoms with Crippen LogP contribution in [0.5, 0.6) is 0 Å². The highest BCUT2D eigenvalue weighted by Crippen LogP contribution is 2.06. The van der Waals surface area contributed by atoms with Crippen LogP contribution in [-0.4, -0.2) is 32.1 Å². The first-order chi connectivity index (χ1) is 10.4. The second kappa shape index (κ2) is 9.15. The van der Waals surface area contributed by atoms with E-state index in [-0.39, 0.29) is 9.27 Å². The Kier molecular flexibility index (Phi) is 7.54. The molecule has 1 aromatic heterocycles. The SMILES string of the molecule is Cc1ccccc1.O=C(c1cccnc1)N(S(=O)[O-])S(=O)[O-]. The van der Waals surface area contributed by atoms with Crippen LogP contribution in [0.1, 0.15) is 15.9 Å². The number of hydrogen-bond acceptors (Lipinski definition) is 6. The van der Waals surface area contributed by atoms with E-state index in [1.807, 2.05) is 18.2 Å². The standard InChI is InChI=1S/C7H8.C6H6N2O5S2/c1-7-5-3-2-4-6-7;9-6(5-2-1-3-7-4-5)8(14(10)11)15(12)13/h2-6H,1H3;1-4H,(H,10,11)(H,12,13)/p-2. The third kappa shape index (κ3) is 5.82. The van der Waals surface area contributed by atoms with E-state index in [1.54, 1.807) is 0 Å². The second-order valence-corrected chi connectivity index (χ2v) is 5.72. The number of carbonyl (C=O) groups excluding carboxylic acids is 1. The topological polar surface area (TPSA) is 113 Å². The molecule has 2 aromatic rings. The van der Waals surface area contributed by atoms with Crippen LogP contribution in [0.3, 0.4) is 0 Å². The van der Waals surface area contributed by atoms with Gasteiger partial charge in [-0.15, -0.1) is 0 Å². The minimum Gasteiger partial charge on any atom is -0.754 e. The van der Waals surface area contributed by atoms with Gasteiger partial charge in [0.1, 0.15) is 0 Å². The highest BCUT2D eigenvalue weighted by Gasteiger charge is 2.17. The molecule has 0 aliphatic heterocycles. The van der Waals surface area contributed by atoms with Crippen LogP contribution in [0.4, 0.5) is 0 Å². The van der Waals surface area contributed by atoms with Gasteiger partial charge < -0.3 is 9.11 Å². The number of benzene rings is 1. The highest BCUT2D eigenvalue weighted by molar-refractivity contribution is 7.93. The highest BCUT2D eigenvalue weighted by atomic mass is 32.3. The fraction of sp³-hybridized carbons (Fsp3) is 0.0769. The maximum absolute atomic E-state index is 11.3. The van der Waals surface area contributed by atoms with E-state index in [9.17, 15) is 22.3 Å². The van der Waals surface area contributed by atoms with Gasteiger partial charge in [-0.3, -0.25) is 18.2 Å². The Hall–Kier alpha value is -1.94. The molecular weight excluding hydrogens is 328 g/mol. The summed E-state index contributed by atoms with van der Waals surface area (Å²) >= 11 is -6.34. The minimum absolute atomic E-state index is 0.133. The summed E-state index contributed by atoms with van der Waals surface area (Å²) in [5, 5.41) is 0. The van der Waals surface area contributed by atoms with Crippen molar-refractivity contribution in [3.05, 3.63) is 66.0 Å². The molecule has 7 nitrogen and oxygen atoms in total. The van der Waals surface area contributed by atoms with Gasteiger partial charge in [-0.2, -0.15) is 3.71 Å². The third-order valence-electron chi connectivity index (χ3n) is 2.29. The lowest BCUT2D eigenvalue weighted by Gasteiger charge is -2.25. The van der Waals surface area contributed by atoms with E-state index in [1.165, 1.54) is 23.9 Å². The Morgan fingerprint density at radius 1 is 1.05 bits per heavy atom. The average molecular weight is 340 g/mol. The number of pyridine rings is 1. The molecule has 1 heterocycles. The van der Waals surface area contributed by atoms with Crippen molar-refractivity contribution in [3.63, 3.8) is 0 Å². The molecule has 0 fully saturated rings. The van der Waals surface area contributed by atoms with E-state index in [2.05, 4.69) is 24.0 Å². The molecule has 1 amide bonds. The first-order valence-electron chi connectivity index (χ1n) is 5.88. The van der Waals surface area contributed by atoms with E-state index in [0.29, 0.717) is 0 Å². The van der Waals surface area contributed by atoms with Gasteiger partial charge in [0, 0.05) is 12.4 Å². The third-order valence-corrected chi connectivity index (χ3v) is 3.89. The number of hydrogen-bond donors (Lipinski definition) is 0. The van der Waals surface area contributed by atoms with Crippen molar-refractivity contribution in [3.8, 4) is 0 Å². The molecule has 2 unspecified atom stereocenters. The molecule has 22 heavy (non-hydrogen) atoms. The molecule has 0 radical (unpaired) electrons. The van der Waals surface area contributed by atoms with Gasteiger partial charge in [-0.1, -0.05) is 35.9 Å². The van der Waals surface area contributed by atoms with Crippen LogP contribution >= 0.6 is 0 Å². The van der Waals surface area contributed by atoms with Gasteiger partial charge in [-0.05, 0) is 19.1 Å². The van der Waals surface area contributed by atoms with Gasteiger partial charge in [0.05, 0.1) is 28.1 Å². The van der Waals surface area contributed by atoms with Gasteiger partial charge in [-0.25, -0.2) is 0 Å². The maximum Gasteiger partial charge on any atom is 0.277 e. The van der Waals surface area contributed by atoms with Crippen LogP contribution in [0.15, 0.2) is 54.9 Å². The molecule has 0 bridgehead atoms. The van der Waals surface area contributed by atoms with Crippen molar-refractivity contribution in [2.45, 2.75) is 6.92 Å². The summed E-state index contributed by atoms with van der Waals surface area (Å²) in [5.74, 6) is -1.18. The Morgan fingerprint density at radius 2 is 1.64 bits per heavy atom. The zero-order valence-electron chi connectivity index (χ0n) is 11.4. The second-order valence-electron chi connectivity index (χ2n) is 3.89. The normalized spacial score (nSPS) is 12.5. The molecule has 1 aromatic carbocycles. The molecule has 0 saturated carbocycles. The molecular formula is C13H12N2O5S2-2. The summed E-state index contributed by atoms with van der Waals surface area (Å²) in [7, 11) is 0. The van der Waals surface area contributed by atoms with Crippen LogP contribution in [0.25, 0.3) is 0 Å². The Bertz CT molecular complexity index is 638. The number of nitrogens with zero attached hydrogens (tertiary/aromatic N) is 2. The first kappa shape index (κ1) is 18.1. The molecule has 0 saturated heterocycles. The predicted molar refractivity (Wildman–Crippen MR) is 79.4 cm³/mol. The first-order valence-corrected chi connectivity index (χ1v) is 7.94. The van der Waals surface area contributed by atoms with Gasteiger partial charge in [0.15, 0.2) is 0 Å². The van der Waals surface area contributed by atoms with Crippen molar-refractivity contribution in [1.29, 1.82) is 0 Å². The molecule has 0 N–H and O–H groups in total. The van der Waals surface area contributed by atoms with Crippen molar-refractivity contribution in [1.82, 2.24) is 8.69 Å². The van der Waals surface area contributed by atoms with Crippen molar-refractivity contribution in [2.75, 3.05) is 0 Å². The summed E-state index contributed by atoms with van der Waals surface area (Å²) < 4.78 is 41.5. The molecule has 2 atom stereocenters. The summed E-state index contributed by atoms with van der Waals surface area (Å²) in [6, 6.07) is 12.9. The average Bonchev–Trinajstić information content (AvgIpc) is 2.49. The predicted octanol–water partition coefficient (Wildman–Crippen LogP) is 1.11. The summed E-state index contributed by atoms with van der Waals surface area (Å²) in [5.41, 5.74) is 1.19. The lowest BCUT2D eigenvalue weighted by Crippen LogP contribution is -2.34. The van der Waals surface area contributed by atoms with Crippen LogP contribution < -0.4 is 0 Å². The zero-order valence-corrected chi connectivity index (χ0v) is 13.1. The summed E-state index contributed by atoms with van der Waals surface area (Å²) in [4.78, 5) is 14.9. The Labute approximate surface area is 132 Å². The fourth-order valence-electron chi connectivity index (χ4n) is 1.31. The van der Waals surface area contributed by atoms with Crippen molar-refractivity contribution >= 4 is 28.4 Å². The van der Waals surface area contributed by atoms with E-state index < -0.39 is 28.4 Å². The Balaban J connectivity index is 0.000000287. The number of amides is 1. The minimum atomic E-state index is -3.17. The molecule has 9 heteroatoms. The maximum atomic E-state index is 11.3. The van der Waals surface area contributed by atoms with E-state index >= 15 is 0 Å². The molecule has 118 valence electrons. The molecule has 0 aliphatic rings. The fourth-order valence-corrected chi connectivity index (χ4v) is 2.19. The summed E-state index contributed by atoms with van der Waals surface area (Å²) in [6.07, 6.45) is 2.43. The number of aromatic nitrogens is 1. The van der Waals surface area contributed by atoms with Gasteiger partial charge >= 0.3 is 0 Å². The van der Waals surface area contributed by atoms with E-state index in [0.717, 1.165) is 6.20 Å². The van der Waals surface area contributed by atoms with Crippen LogP contribution in [0.2, 0.25) is 0 Å². The molecule has 0 aliphatic carbocycles. The van der Waals surface area contributed by atoms with Gasteiger partial charge in [0.2, 0.25) is 0 Å². The van der Waals surface area contributed by atoms with Crippen molar-refractivity contribution in [2.24, 2.45) is 0 Å². The molecule has 2 rings (SSSR count). The van der Waals surface area contributed by atoms with E-state index in [4.69, 9.17) is 0 Å². The lowest BCUT2D eigenvalue weighted by atomic mass is 10.2. The number of rotatable bonds is 3. The smallest absolute Gasteiger partial charge is 0.277 e. The lowest BCUT2D eigenvalue weighted by molar-refractivity contribution is 0.0918. The van der Waals surface area contributed by atoms with Crippen LogP contribution in [-0.2, 0) is 22.5 Å². The van der Waals surface area contributed by atoms with Crippen molar-refractivity contribution < 1.29 is 22.3 Å². The number of aryl methyl sites for hydroxylation is 1. The molecule has 0 spiro atoms. The largest absolute Gasteiger partial charge is 0.754 e. The quantitative estimate of drug-likeness (QED) is 0.773. The monoisotopic (exact) mass is 340 g/mol. The Morgan fingerprint density at radius 3 is 2.00 bits per heavy atom. The van der Waals surface area contributed by atoms with Gasteiger partial charge in [0.25, 0.3) is 5.91 Å². The zero-order chi connectivity index (χ0) is 16.5. The summed E-state index contributed by atoms with van der Waals surface area (Å²) in [6.45, 7) is 2.08. The number of carbonyl (C=O) groups is 1.